The van der Waals surface area contributed by atoms with Crippen LogP contribution in [0.25, 0.3) is 16.6 Å². The van der Waals surface area contributed by atoms with Crippen molar-refractivity contribution in [3.05, 3.63) is 111 Å². The average Bonchev–Trinajstić information content (AvgIpc) is 2.83. The molecule has 1 amide bonds. The molecule has 0 atom stereocenters. The van der Waals surface area contributed by atoms with Gasteiger partial charge < -0.3 is 14.6 Å². The number of carbonyl (C=O) groups is 2. The predicted molar refractivity (Wildman–Crippen MR) is 124 cm³/mol. The molecule has 0 fully saturated rings. The van der Waals surface area contributed by atoms with Crippen molar-refractivity contribution in [1.82, 2.24) is 9.88 Å². The van der Waals surface area contributed by atoms with Crippen molar-refractivity contribution in [3.63, 3.8) is 0 Å². The minimum atomic E-state index is -0.477. The minimum Gasteiger partial charge on any atom is -0.465 e. The smallest absolute Gasteiger partial charge is 0.337 e. The van der Waals surface area contributed by atoms with Crippen LogP contribution in [-0.4, -0.2) is 23.6 Å². The molecule has 0 radical (unpaired) electrons. The van der Waals surface area contributed by atoms with Crippen LogP contribution < -0.4 is 10.7 Å². The molecule has 3 aromatic carbocycles. The summed E-state index contributed by atoms with van der Waals surface area (Å²) in [7, 11) is 1.29. The van der Waals surface area contributed by atoms with Crippen LogP contribution in [-0.2, 0) is 11.3 Å². The Kier molecular flexibility index (Phi) is 6.05. The van der Waals surface area contributed by atoms with Crippen LogP contribution in [0, 0.1) is 0 Å². The van der Waals surface area contributed by atoms with Crippen molar-refractivity contribution in [2.45, 2.75) is 6.54 Å². The van der Waals surface area contributed by atoms with Crippen LogP contribution in [0.15, 0.2) is 83.8 Å². The number of carbonyl (C=O) groups excluding carboxylic acids is 2. The maximum Gasteiger partial charge on any atom is 0.337 e. The molecule has 0 saturated carbocycles. The van der Waals surface area contributed by atoms with Gasteiger partial charge in [-0.1, -0.05) is 29.8 Å². The first-order valence-electron chi connectivity index (χ1n) is 9.84. The summed E-state index contributed by atoms with van der Waals surface area (Å²) in [5.41, 5.74) is 2.53. The lowest BCUT2D eigenvalue weighted by molar-refractivity contribution is 0.0600. The van der Waals surface area contributed by atoms with Gasteiger partial charge in [0.05, 0.1) is 18.2 Å². The highest BCUT2D eigenvalue weighted by Gasteiger charge is 2.13. The molecule has 1 aromatic heterocycles. The topological polar surface area (TPSA) is 77.4 Å². The number of benzene rings is 3. The van der Waals surface area contributed by atoms with E-state index < -0.39 is 5.97 Å². The molecule has 0 spiro atoms. The highest BCUT2D eigenvalue weighted by molar-refractivity contribution is 6.31. The number of hydrogen-bond acceptors (Lipinski definition) is 4. The molecule has 1 heterocycles. The number of ether oxygens (including phenoxy) is 1. The molecular formula is C25H19ClN2O4. The number of esters is 1. The second-order valence-electron chi connectivity index (χ2n) is 7.10. The number of para-hydroxylation sites is 1. The van der Waals surface area contributed by atoms with Crippen LogP contribution >= 0.6 is 11.6 Å². The van der Waals surface area contributed by atoms with Gasteiger partial charge in [0.1, 0.15) is 0 Å². The maximum atomic E-state index is 13.1. The Hall–Kier alpha value is -3.90. The third-order valence-corrected chi connectivity index (χ3v) is 5.32. The summed E-state index contributed by atoms with van der Waals surface area (Å²) in [5, 5.41) is 3.81. The first-order valence-corrected chi connectivity index (χ1v) is 10.2. The van der Waals surface area contributed by atoms with E-state index in [1.165, 1.54) is 31.4 Å². The molecule has 0 aliphatic rings. The SMILES string of the molecule is COC(=O)c1ccc(C(=O)NCc2cn(-c3ccccc3)c3cc(Cl)ccc3c2=O)cc1. The van der Waals surface area contributed by atoms with Gasteiger partial charge in [0.15, 0.2) is 5.43 Å². The number of fused-ring (bicyclic) bond motifs is 1. The zero-order valence-electron chi connectivity index (χ0n) is 17.2. The number of pyridine rings is 1. The molecule has 7 heteroatoms. The quantitative estimate of drug-likeness (QED) is 0.462. The van der Waals surface area contributed by atoms with E-state index in [1.54, 1.807) is 24.4 Å². The lowest BCUT2D eigenvalue weighted by Gasteiger charge is -2.14. The van der Waals surface area contributed by atoms with Gasteiger partial charge in [0.2, 0.25) is 0 Å². The van der Waals surface area contributed by atoms with Gasteiger partial charge >= 0.3 is 5.97 Å². The van der Waals surface area contributed by atoms with Crippen LogP contribution in [0.4, 0.5) is 0 Å². The van der Waals surface area contributed by atoms with Gasteiger partial charge in [-0.3, -0.25) is 9.59 Å². The van der Waals surface area contributed by atoms with E-state index in [9.17, 15) is 14.4 Å². The summed E-state index contributed by atoms with van der Waals surface area (Å²) in [4.78, 5) is 37.2. The highest BCUT2D eigenvalue weighted by atomic mass is 35.5. The molecule has 1 N–H and O–H groups in total. The lowest BCUT2D eigenvalue weighted by atomic mass is 10.1. The first-order chi connectivity index (χ1) is 15.5. The summed E-state index contributed by atoms with van der Waals surface area (Å²) >= 11 is 6.18. The maximum absolute atomic E-state index is 13.1. The summed E-state index contributed by atoms with van der Waals surface area (Å²) in [6, 6.07) is 20.8. The van der Waals surface area contributed by atoms with E-state index in [0.717, 1.165) is 5.69 Å². The molecule has 0 saturated heterocycles. The van der Waals surface area contributed by atoms with Crippen LogP contribution in [0.3, 0.4) is 0 Å². The number of aromatic nitrogens is 1. The highest BCUT2D eigenvalue weighted by Crippen LogP contribution is 2.21. The van der Waals surface area contributed by atoms with Crippen molar-refractivity contribution in [2.75, 3.05) is 7.11 Å². The Morgan fingerprint density at radius 3 is 2.34 bits per heavy atom. The molecule has 160 valence electrons. The molecule has 0 bridgehead atoms. The third-order valence-electron chi connectivity index (χ3n) is 5.08. The largest absolute Gasteiger partial charge is 0.465 e. The zero-order valence-corrected chi connectivity index (χ0v) is 17.9. The second kappa shape index (κ2) is 9.08. The van der Waals surface area contributed by atoms with Crippen molar-refractivity contribution in [1.29, 1.82) is 0 Å². The lowest BCUT2D eigenvalue weighted by Crippen LogP contribution is -2.27. The Balaban J connectivity index is 1.65. The van der Waals surface area contributed by atoms with Crippen LogP contribution in [0.2, 0.25) is 5.02 Å². The summed E-state index contributed by atoms with van der Waals surface area (Å²) in [5.74, 6) is -0.835. The number of nitrogens with zero attached hydrogens (tertiary/aromatic N) is 1. The Bertz CT molecular complexity index is 1360. The number of halogens is 1. The van der Waals surface area contributed by atoms with Gasteiger partial charge in [0.25, 0.3) is 5.91 Å². The van der Waals surface area contributed by atoms with Crippen molar-refractivity contribution >= 4 is 34.4 Å². The van der Waals surface area contributed by atoms with Crippen LogP contribution in [0.5, 0.6) is 0 Å². The Morgan fingerprint density at radius 2 is 1.66 bits per heavy atom. The van der Waals surface area contributed by atoms with E-state index in [2.05, 4.69) is 10.1 Å². The molecular weight excluding hydrogens is 428 g/mol. The fourth-order valence-corrected chi connectivity index (χ4v) is 3.60. The van der Waals surface area contributed by atoms with Crippen LogP contribution in [0.1, 0.15) is 26.3 Å². The van der Waals surface area contributed by atoms with Gasteiger partial charge in [-0.15, -0.1) is 0 Å². The number of amides is 1. The molecule has 6 nitrogen and oxygen atoms in total. The standard InChI is InChI=1S/C25H19ClN2O4/c1-32-25(31)17-9-7-16(8-10-17)24(30)27-14-18-15-28(20-5-3-2-4-6-20)22-13-19(26)11-12-21(22)23(18)29/h2-13,15H,14H2,1H3,(H,27,30). The zero-order chi connectivity index (χ0) is 22.7. The molecule has 4 aromatic rings. The van der Waals surface area contributed by atoms with E-state index >= 15 is 0 Å². The summed E-state index contributed by atoms with van der Waals surface area (Å²) in [6.45, 7) is 0.0435. The predicted octanol–water partition coefficient (Wildman–Crippen LogP) is 4.36. The van der Waals surface area contributed by atoms with E-state index in [0.29, 0.717) is 32.6 Å². The van der Waals surface area contributed by atoms with Gasteiger partial charge in [-0.25, -0.2) is 4.79 Å². The molecule has 32 heavy (non-hydrogen) atoms. The summed E-state index contributed by atoms with van der Waals surface area (Å²) < 4.78 is 6.54. The Labute approximate surface area is 189 Å². The van der Waals surface area contributed by atoms with Crippen molar-refractivity contribution < 1.29 is 14.3 Å². The van der Waals surface area contributed by atoms with Crippen molar-refractivity contribution in [2.24, 2.45) is 0 Å². The van der Waals surface area contributed by atoms with E-state index in [1.807, 2.05) is 34.9 Å². The first kappa shape index (κ1) is 21.3. The Morgan fingerprint density at radius 1 is 0.969 bits per heavy atom. The number of methoxy groups -OCH3 is 1. The second-order valence-corrected chi connectivity index (χ2v) is 7.54. The normalized spacial score (nSPS) is 10.7. The fraction of sp³-hybridized carbons (Fsp3) is 0.0800. The third kappa shape index (κ3) is 4.26. The average molecular weight is 447 g/mol. The van der Waals surface area contributed by atoms with Crippen molar-refractivity contribution in [3.8, 4) is 5.69 Å². The van der Waals surface area contributed by atoms with E-state index in [-0.39, 0.29) is 17.9 Å². The van der Waals surface area contributed by atoms with E-state index in [4.69, 9.17) is 11.6 Å². The minimum absolute atomic E-state index is 0.0435. The molecule has 0 aliphatic carbocycles. The van der Waals surface area contributed by atoms with Gasteiger partial charge in [-0.2, -0.15) is 0 Å². The fourth-order valence-electron chi connectivity index (χ4n) is 3.43. The summed E-state index contributed by atoms with van der Waals surface area (Å²) in [6.07, 6.45) is 1.72. The number of nitrogens with one attached hydrogen (secondary N) is 1. The molecule has 0 aliphatic heterocycles. The monoisotopic (exact) mass is 446 g/mol. The number of rotatable bonds is 5. The van der Waals surface area contributed by atoms with Gasteiger partial charge in [-0.05, 0) is 54.6 Å². The van der Waals surface area contributed by atoms with Gasteiger partial charge in [0, 0.05) is 40.0 Å². The number of hydrogen-bond donors (Lipinski definition) is 1. The molecule has 0 unspecified atom stereocenters. The molecule has 4 rings (SSSR count).